The molecule has 0 heterocycles. The molecule has 0 spiro atoms. The minimum absolute atomic E-state index is 0.0912. The van der Waals surface area contributed by atoms with Crippen LogP contribution in [0.15, 0.2) is 29.2 Å². The maximum Gasteiger partial charge on any atom is 0.415 e. The maximum atomic E-state index is 12.3. The van der Waals surface area contributed by atoms with Crippen LogP contribution in [0, 0.1) is 6.92 Å². The molecule has 1 aromatic rings. The van der Waals surface area contributed by atoms with Gasteiger partial charge in [0.05, 0.1) is 4.90 Å². The summed E-state index contributed by atoms with van der Waals surface area (Å²) in [6, 6.07) is 4.31. The van der Waals surface area contributed by atoms with Gasteiger partial charge in [0.25, 0.3) is 0 Å². The van der Waals surface area contributed by atoms with Crippen molar-refractivity contribution in [1.29, 1.82) is 0 Å². The Morgan fingerprint density at radius 2 is 1.70 bits per heavy atom. The Morgan fingerprint density at radius 1 is 1.15 bits per heavy atom. The van der Waals surface area contributed by atoms with Crippen LogP contribution in [-0.4, -0.2) is 43.1 Å². The van der Waals surface area contributed by atoms with Gasteiger partial charge >= 0.3 is 18.0 Å². The first-order chi connectivity index (χ1) is 12.3. The Hall–Kier alpha value is -2.46. The average molecular weight is 400 g/mol. The summed E-state index contributed by atoms with van der Waals surface area (Å²) in [5.74, 6) is -2.41. The Balaban J connectivity index is 2.69. The van der Waals surface area contributed by atoms with Gasteiger partial charge in [-0.2, -0.15) is 4.72 Å². The highest BCUT2D eigenvalue weighted by molar-refractivity contribution is 7.89. The summed E-state index contributed by atoms with van der Waals surface area (Å²) in [5, 5.41) is 11.6. The number of aliphatic carboxylic acids is 1. The fourth-order valence-electron chi connectivity index (χ4n) is 1.95. The van der Waals surface area contributed by atoms with Gasteiger partial charge in [-0.25, -0.2) is 13.2 Å². The number of sulfonamides is 1. The van der Waals surface area contributed by atoms with E-state index < -0.39 is 46.1 Å². The van der Waals surface area contributed by atoms with E-state index in [9.17, 15) is 27.9 Å². The average Bonchev–Trinajstić information content (AvgIpc) is 2.49. The van der Waals surface area contributed by atoms with Crippen LogP contribution in [0.3, 0.4) is 0 Å². The third-order valence-corrected chi connectivity index (χ3v) is 4.74. The third-order valence-electron chi connectivity index (χ3n) is 3.25. The van der Waals surface area contributed by atoms with Crippen molar-refractivity contribution < 1.29 is 32.6 Å². The summed E-state index contributed by atoms with van der Waals surface area (Å²) in [4.78, 5) is 34.4. The summed E-state index contributed by atoms with van der Waals surface area (Å²) < 4.78 is 31.1. The number of carboxylic acid groups (broad SMARTS) is 1. The van der Waals surface area contributed by atoms with E-state index in [1.54, 1.807) is 39.8 Å². The molecular weight excluding hydrogens is 376 g/mol. The molecule has 0 unspecified atom stereocenters. The number of nitrogens with one attached hydrogen (secondary N) is 2. The molecule has 150 valence electrons. The fourth-order valence-corrected chi connectivity index (χ4v) is 3.18. The monoisotopic (exact) mass is 400 g/mol. The van der Waals surface area contributed by atoms with Crippen LogP contribution in [0.4, 0.5) is 4.79 Å². The van der Waals surface area contributed by atoms with Crippen molar-refractivity contribution >= 4 is 28.1 Å². The number of benzene rings is 1. The van der Waals surface area contributed by atoms with Crippen molar-refractivity contribution in [1.82, 2.24) is 10.0 Å². The number of carboxylic acids is 1. The molecule has 0 aliphatic rings. The van der Waals surface area contributed by atoms with Gasteiger partial charge in [-0.05, 0) is 46.2 Å². The molecule has 3 N–H and O–H groups in total. The molecule has 9 nitrogen and oxygen atoms in total. The summed E-state index contributed by atoms with van der Waals surface area (Å²) in [6.45, 7) is 6.86. The minimum atomic E-state index is -4.08. The van der Waals surface area contributed by atoms with Crippen molar-refractivity contribution in [2.75, 3.05) is 0 Å². The highest BCUT2D eigenvalue weighted by atomic mass is 32.2. The maximum absolute atomic E-state index is 12.3. The third kappa shape index (κ3) is 8.18. The van der Waals surface area contributed by atoms with E-state index in [1.807, 2.05) is 4.72 Å². The van der Waals surface area contributed by atoms with Crippen LogP contribution >= 0.6 is 0 Å². The molecule has 0 aliphatic heterocycles. The van der Waals surface area contributed by atoms with E-state index in [4.69, 9.17) is 0 Å². The number of hydrogen-bond acceptors (Lipinski definition) is 6. The zero-order chi connectivity index (χ0) is 20.8. The van der Waals surface area contributed by atoms with Crippen molar-refractivity contribution in [2.45, 2.75) is 57.0 Å². The molecule has 27 heavy (non-hydrogen) atoms. The van der Waals surface area contributed by atoms with E-state index in [2.05, 4.69) is 10.1 Å². The first-order valence-corrected chi connectivity index (χ1v) is 9.63. The summed E-state index contributed by atoms with van der Waals surface area (Å²) in [5.41, 5.74) is 0.241. The van der Waals surface area contributed by atoms with Crippen molar-refractivity contribution in [3.63, 3.8) is 0 Å². The number of ether oxygens (including phenoxy) is 1. The van der Waals surface area contributed by atoms with Gasteiger partial charge in [0.2, 0.25) is 10.0 Å². The lowest BCUT2D eigenvalue weighted by atomic mass is 10.1. The molecule has 0 radical (unpaired) electrons. The topological polar surface area (TPSA) is 139 Å². The smallest absolute Gasteiger partial charge is 0.415 e. The standard InChI is InChI=1S/C17H24N2O7S/c1-11-5-7-12(8-6-11)27(24,25)19-13(15(21)22)9-10-14(20)26-16(23)18-17(2,3)4/h5-8,13,19H,9-10H2,1-4H3,(H,18,23)(H,21,22)/t13-/m0/s1. The Bertz CT molecular complexity index is 796. The highest BCUT2D eigenvalue weighted by Crippen LogP contribution is 2.12. The van der Waals surface area contributed by atoms with Crippen LogP contribution in [-0.2, 0) is 24.3 Å². The molecule has 1 rings (SSSR count). The molecule has 0 fully saturated rings. The zero-order valence-electron chi connectivity index (χ0n) is 15.6. The number of rotatable bonds is 7. The first kappa shape index (κ1) is 22.6. The summed E-state index contributed by atoms with van der Waals surface area (Å²) in [7, 11) is -4.08. The van der Waals surface area contributed by atoms with Crippen LogP contribution in [0.2, 0.25) is 0 Å². The lowest BCUT2D eigenvalue weighted by molar-refractivity contribution is -0.140. The lowest BCUT2D eigenvalue weighted by Gasteiger charge is -2.19. The second-order valence-electron chi connectivity index (χ2n) is 7.00. The number of amides is 1. The summed E-state index contributed by atoms with van der Waals surface area (Å²) >= 11 is 0. The van der Waals surface area contributed by atoms with Gasteiger partial charge in [0.1, 0.15) is 6.04 Å². The predicted molar refractivity (Wildman–Crippen MR) is 96.5 cm³/mol. The Morgan fingerprint density at radius 3 is 2.19 bits per heavy atom. The van der Waals surface area contributed by atoms with Crippen molar-refractivity contribution in [2.24, 2.45) is 0 Å². The Labute approximate surface area is 158 Å². The first-order valence-electron chi connectivity index (χ1n) is 8.15. The second kappa shape index (κ2) is 8.96. The quantitative estimate of drug-likeness (QED) is 0.466. The van der Waals surface area contributed by atoms with Crippen LogP contribution in [0.25, 0.3) is 0 Å². The fraction of sp³-hybridized carbons (Fsp3) is 0.471. The number of carbonyl (C=O) groups excluding carboxylic acids is 2. The van der Waals surface area contributed by atoms with Gasteiger partial charge in [0, 0.05) is 12.0 Å². The molecule has 0 saturated heterocycles. The molecule has 1 amide bonds. The molecule has 0 aliphatic carbocycles. The SMILES string of the molecule is Cc1ccc(S(=O)(=O)N[C@@H](CCC(=O)OC(=O)NC(C)(C)C)C(=O)O)cc1. The van der Waals surface area contributed by atoms with E-state index >= 15 is 0 Å². The molecule has 1 atom stereocenters. The van der Waals surface area contributed by atoms with E-state index in [-0.39, 0.29) is 11.3 Å². The second-order valence-corrected chi connectivity index (χ2v) is 8.71. The van der Waals surface area contributed by atoms with Crippen LogP contribution in [0.1, 0.15) is 39.2 Å². The molecule has 1 aromatic carbocycles. The van der Waals surface area contributed by atoms with Crippen molar-refractivity contribution in [3.8, 4) is 0 Å². The Kier molecular flexibility index (Phi) is 7.49. The number of esters is 1. The minimum Gasteiger partial charge on any atom is -0.480 e. The van der Waals surface area contributed by atoms with E-state index in [0.29, 0.717) is 0 Å². The largest absolute Gasteiger partial charge is 0.480 e. The van der Waals surface area contributed by atoms with Gasteiger partial charge < -0.3 is 15.2 Å². The summed E-state index contributed by atoms with van der Waals surface area (Å²) in [6.07, 6.45) is -1.79. The number of aryl methyl sites for hydroxylation is 1. The van der Waals surface area contributed by atoms with Crippen LogP contribution in [0.5, 0.6) is 0 Å². The van der Waals surface area contributed by atoms with Gasteiger partial charge in [-0.3, -0.25) is 9.59 Å². The van der Waals surface area contributed by atoms with Gasteiger partial charge in [-0.15, -0.1) is 0 Å². The highest BCUT2D eigenvalue weighted by Gasteiger charge is 2.27. The molecule has 10 heteroatoms. The van der Waals surface area contributed by atoms with E-state index in [1.165, 1.54) is 12.1 Å². The molecule has 0 saturated carbocycles. The van der Waals surface area contributed by atoms with Gasteiger partial charge in [-0.1, -0.05) is 17.7 Å². The van der Waals surface area contributed by atoms with Crippen LogP contribution < -0.4 is 10.0 Å². The molecule has 0 bridgehead atoms. The zero-order valence-corrected chi connectivity index (χ0v) is 16.4. The normalized spacial score (nSPS) is 12.9. The lowest BCUT2D eigenvalue weighted by Crippen LogP contribution is -2.42. The van der Waals surface area contributed by atoms with E-state index in [0.717, 1.165) is 5.56 Å². The van der Waals surface area contributed by atoms with Gasteiger partial charge in [0.15, 0.2) is 0 Å². The molecule has 0 aromatic heterocycles. The molecular formula is C17H24N2O7S. The van der Waals surface area contributed by atoms with Crippen molar-refractivity contribution in [3.05, 3.63) is 29.8 Å². The number of alkyl carbamates (subject to hydrolysis) is 1. The number of hydrogen-bond donors (Lipinski definition) is 3. The number of carbonyl (C=O) groups is 3. The predicted octanol–water partition coefficient (Wildman–Crippen LogP) is 1.56.